The van der Waals surface area contributed by atoms with Crippen molar-refractivity contribution in [3.63, 3.8) is 0 Å². The number of alkyl halides is 3. The van der Waals surface area contributed by atoms with Crippen molar-refractivity contribution < 1.29 is 50.9 Å². The van der Waals surface area contributed by atoms with Gasteiger partial charge in [0, 0.05) is 11.1 Å². The summed E-state index contributed by atoms with van der Waals surface area (Å²) in [7, 11) is 2.64. The fraction of sp³-hybridized carbons (Fsp3) is 0.409. The number of methoxy groups -OCH3 is 2. The van der Waals surface area contributed by atoms with Gasteiger partial charge in [-0.2, -0.15) is 13.2 Å². The van der Waals surface area contributed by atoms with Crippen molar-refractivity contribution in [1.82, 2.24) is 0 Å². The summed E-state index contributed by atoms with van der Waals surface area (Å²) < 4.78 is 81.2. The Balaban J connectivity index is 0.000000214. The summed E-state index contributed by atoms with van der Waals surface area (Å²) in [5.74, 6) is -1.63. The summed E-state index contributed by atoms with van der Waals surface area (Å²) in [6.07, 6.45) is 1.54. The first kappa shape index (κ1) is 41.2. The van der Waals surface area contributed by atoms with E-state index < -0.39 is 30.5 Å². The Morgan fingerprint density at radius 2 is 1.13 bits per heavy atom. The Morgan fingerprint density at radius 3 is 1.55 bits per heavy atom. The molecule has 2 saturated carbocycles. The van der Waals surface area contributed by atoms with E-state index in [1.807, 2.05) is 6.07 Å². The van der Waals surface area contributed by atoms with E-state index >= 15 is 0 Å². The largest absolute Gasteiger partial charge is 0.508 e. The van der Waals surface area contributed by atoms with Gasteiger partial charge in [-0.15, -0.1) is 0 Å². The van der Waals surface area contributed by atoms with Crippen LogP contribution in [0, 0.1) is 22.5 Å². The quantitative estimate of drug-likeness (QED) is 0.142. The Bertz CT molecular complexity index is 2040. The summed E-state index contributed by atoms with van der Waals surface area (Å²) in [5, 5.41) is 9.80. The first-order chi connectivity index (χ1) is 25.8. The predicted molar refractivity (Wildman–Crippen MR) is 200 cm³/mol. The summed E-state index contributed by atoms with van der Waals surface area (Å²) >= 11 is 0. The number of ether oxygens (including phenoxy) is 3. The van der Waals surface area contributed by atoms with Crippen molar-refractivity contribution in [2.45, 2.75) is 84.2 Å². The maximum Gasteiger partial charge on any atom is 0.422 e. The van der Waals surface area contributed by atoms with Gasteiger partial charge in [0.05, 0.1) is 25.3 Å². The highest BCUT2D eigenvalue weighted by atomic mass is 19.4. The van der Waals surface area contributed by atoms with Gasteiger partial charge in [-0.3, -0.25) is 0 Å². The highest BCUT2D eigenvalue weighted by molar-refractivity contribution is 5.91. The zero-order valence-corrected chi connectivity index (χ0v) is 31.9. The van der Waals surface area contributed by atoms with Gasteiger partial charge in [-0.25, -0.2) is 18.4 Å². The third kappa shape index (κ3) is 9.48. The van der Waals surface area contributed by atoms with Crippen LogP contribution in [0.1, 0.15) is 110 Å². The van der Waals surface area contributed by atoms with Gasteiger partial charge in [0.25, 0.3) is 0 Å². The fourth-order valence-electron chi connectivity index (χ4n) is 8.17. The standard InChI is InChI=1S/C23H24F4O3.C21H23FO3/c1-22(2)10-4-5-19(22)17-11-14(21(28)29-3)6-8-16(17)18-12-15(7-9-20(18)24)30-13-23(25,26)27;1-21(2)10-4-5-18(21)16-11-13(20(24)25-3)6-8-15(16)17-12-14(23)7-9-19(17)22/h6-9,11-12,19H,4-5,10,13H2,1-3H3;6-9,11-12,18,23H,4-5,10H2,1-3H3. The van der Waals surface area contributed by atoms with Crippen molar-refractivity contribution in [2.24, 2.45) is 10.8 Å². The Morgan fingerprint density at radius 1 is 0.673 bits per heavy atom. The van der Waals surface area contributed by atoms with Gasteiger partial charge in [-0.1, -0.05) is 52.7 Å². The monoisotopic (exact) mass is 766 g/mol. The molecule has 0 saturated heterocycles. The zero-order valence-electron chi connectivity index (χ0n) is 31.9. The summed E-state index contributed by atoms with van der Waals surface area (Å²) in [6.45, 7) is 7.20. The molecule has 0 aromatic heterocycles. The van der Waals surface area contributed by atoms with Crippen molar-refractivity contribution in [1.29, 1.82) is 0 Å². The molecule has 0 heterocycles. The number of aromatic hydroxyl groups is 1. The van der Waals surface area contributed by atoms with Crippen LogP contribution >= 0.6 is 0 Å². The Kier molecular flexibility index (Phi) is 12.3. The molecule has 6 nitrogen and oxygen atoms in total. The van der Waals surface area contributed by atoms with Crippen molar-refractivity contribution >= 4 is 11.9 Å². The third-order valence-corrected chi connectivity index (χ3v) is 11.1. The van der Waals surface area contributed by atoms with E-state index in [-0.39, 0.29) is 45.5 Å². The highest BCUT2D eigenvalue weighted by Crippen LogP contribution is 2.53. The lowest BCUT2D eigenvalue weighted by Gasteiger charge is -2.29. The number of halogens is 5. The molecule has 6 rings (SSSR count). The molecule has 2 atom stereocenters. The molecule has 0 amide bonds. The number of hydrogen-bond donors (Lipinski definition) is 1. The van der Waals surface area contributed by atoms with Crippen molar-refractivity contribution in [3.05, 3.63) is 107 Å². The molecular weight excluding hydrogens is 719 g/mol. The minimum Gasteiger partial charge on any atom is -0.508 e. The molecule has 2 aliphatic rings. The second kappa shape index (κ2) is 16.4. The first-order valence-electron chi connectivity index (χ1n) is 18.3. The molecule has 2 unspecified atom stereocenters. The van der Waals surface area contributed by atoms with Crippen LogP contribution in [0.15, 0.2) is 72.8 Å². The summed E-state index contributed by atoms with van der Waals surface area (Å²) in [5.41, 5.74) is 4.30. The molecule has 11 heteroatoms. The van der Waals surface area contributed by atoms with Crippen LogP contribution in [0.4, 0.5) is 22.0 Å². The molecule has 2 fully saturated rings. The van der Waals surface area contributed by atoms with E-state index in [1.165, 1.54) is 50.6 Å². The van der Waals surface area contributed by atoms with Gasteiger partial charge in [-0.05, 0) is 131 Å². The molecule has 2 aliphatic carbocycles. The van der Waals surface area contributed by atoms with Crippen molar-refractivity contribution in [2.75, 3.05) is 20.8 Å². The molecule has 55 heavy (non-hydrogen) atoms. The maximum absolute atomic E-state index is 14.7. The highest BCUT2D eigenvalue weighted by Gasteiger charge is 2.39. The van der Waals surface area contributed by atoms with E-state index in [4.69, 9.17) is 14.2 Å². The van der Waals surface area contributed by atoms with Crippen LogP contribution in [-0.2, 0) is 9.47 Å². The normalized spacial score (nSPS) is 18.6. The average molecular weight is 767 g/mol. The number of rotatable bonds is 8. The first-order valence-corrected chi connectivity index (χ1v) is 18.3. The maximum atomic E-state index is 14.7. The molecule has 0 bridgehead atoms. The average Bonchev–Trinajstić information content (AvgIpc) is 3.69. The van der Waals surface area contributed by atoms with Crippen LogP contribution < -0.4 is 4.74 Å². The third-order valence-electron chi connectivity index (χ3n) is 11.1. The van der Waals surface area contributed by atoms with E-state index in [9.17, 15) is 36.6 Å². The van der Waals surface area contributed by atoms with Gasteiger partial charge in [0.1, 0.15) is 23.1 Å². The smallest absolute Gasteiger partial charge is 0.422 e. The molecule has 1 N–H and O–H groups in total. The number of phenols is 1. The number of carbonyl (C=O) groups is 2. The molecule has 294 valence electrons. The Labute approximate surface area is 318 Å². The summed E-state index contributed by atoms with van der Waals surface area (Å²) in [4.78, 5) is 24.0. The summed E-state index contributed by atoms with van der Waals surface area (Å²) in [6, 6.07) is 17.7. The fourth-order valence-corrected chi connectivity index (χ4v) is 8.17. The molecule has 0 radical (unpaired) electrons. The number of benzene rings is 4. The Hall–Kier alpha value is -4.93. The number of esters is 2. The minimum absolute atomic E-state index is 0.0186. The number of phenolic OH excluding ortho intramolecular Hbond substituents is 1. The van der Waals surface area contributed by atoms with Crippen LogP contribution in [0.25, 0.3) is 22.3 Å². The molecule has 4 aromatic carbocycles. The number of carbonyl (C=O) groups excluding carboxylic acids is 2. The lowest BCUT2D eigenvalue weighted by molar-refractivity contribution is -0.153. The van der Waals surface area contributed by atoms with Crippen molar-refractivity contribution in [3.8, 4) is 33.8 Å². The zero-order chi connectivity index (χ0) is 40.3. The lowest BCUT2D eigenvalue weighted by Crippen LogP contribution is -2.19. The van der Waals surface area contributed by atoms with Crippen LogP contribution in [-0.4, -0.2) is 44.0 Å². The van der Waals surface area contributed by atoms with Crippen LogP contribution in [0.2, 0.25) is 0 Å². The van der Waals surface area contributed by atoms with E-state index in [1.54, 1.807) is 24.3 Å². The second-order valence-electron chi connectivity index (χ2n) is 15.7. The topological polar surface area (TPSA) is 82.1 Å². The minimum atomic E-state index is -4.49. The second-order valence-corrected chi connectivity index (χ2v) is 15.7. The molecule has 0 aliphatic heterocycles. The predicted octanol–water partition coefficient (Wildman–Crippen LogP) is 11.8. The van der Waals surface area contributed by atoms with Crippen LogP contribution in [0.3, 0.4) is 0 Å². The van der Waals surface area contributed by atoms with Gasteiger partial charge < -0.3 is 19.3 Å². The number of hydrogen-bond acceptors (Lipinski definition) is 6. The lowest BCUT2D eigenvalue weighted by atomic mass is 9.75. The molecule has 4 aromatic rings. The van der Waals surface area contributed by atoms with Crippen LogP contribution in [0.5, 0.6) is 11.5 Å². The van der Waals surface area contributed by atoms with E-state index in [0.29, 0.717) is 22.3 Å². The molecule has 0 spiro atoms. The van der Waals surface area contributed by atoms with Gasteiger partial charge in [0.2, 0.25) is 0 Å². The van der Waals surface area contributed by atoms with Gasteiger partial charge >= 0.3 is 18.1 Å². The molecular formula is C44H47F5O6. The van der Waals surface area contributed by atoms with E-state index in [0.717, 1.165) is 61.3 Å². The SMILES string of the molecule is COC(=O)c1ccc(-c2cc(O)ccc2F)c(C2CCCC2(C)C)c1.COC(=O)c1ccc(-c2cc(OCC(F)(F)F)ccc2F)c(C2CCCC2(C)C)c1. The van der Waals surface area contributed by atoms with E-state index in [2.05, 4.69) is 27.7 Å². The van der Waals surface area contributed by atoms with Gasteiger partial charge in [0.15, 0.2) is 6.61 Å².